The highest BCUT2D eigenvalue weighted by Crippen LogP contribution is 2.37. The Balaban J connectivity index is 2.16. The van der Waals surface area contributed by atoms with Gasteiger partial charge in [0, 0.05) is 11.8 Å². The highest BCUT2D eigenvalue weighted by molar-refractivity contribution is 6.39. The molecule has 0 N–H and O–H groups in total. The van der Waals surface area contributed by atoms with Crippen LogP contribution in [0.1, 0.15) is 11.5 Å². The number of hydrogen-bond donors (Lipinski definition) is 0. The summed E-state index contributed by atoms with van der Waals surface area (Å²) in [5.41, 5.74) is 1.88. The minimum absolute atomic E-state index is 0.253. The third-order valence-corrected chi connectivity index (χ3v) is 4.51. The van der Waals surface area contributed by atoms with Gasteiger partial charge in [-0.1, -0.05) is 29.3 Å². The maximum absolute atomic E-state index is 14.6. The summed E-state index contributed by atoms with van der Waals surface area (Å²) in [5, 5.41) is 0.815. The van der Waals surface area contributed by atoms with Crippen LogP contribution >= 0.6 is 23.2 Å². The van der Waals surface area contributed by atoms with E-state index in [0.29, 0.717) is 38.6 Å². The molecule has 0 aliphatic heterocycles. The summed E-state index contributed by atoms with van der Waals surface area (Å²) in [6, 6.07) is 6.90. The third-order valence-electron chi connectivity index (χ3n) is 3.88. The van der Waals surface area contributed by atoms with Gasteiger partial charge in [-0.2, -0.15) is 0 Å². The second kappa shape index (κ2) is 6.30. The van der Waals surface area contributed by atoms with E-state index in [1.54, 1.807) is 35.8 Å². The first-order chi connectivity index (χ1) is 12.5. The molecular weight excluding hydrogens is 376 g/mol. The van der Waals surface area contributed by atoms with Crippen molar-refractivity contribution in [2.24, 2.45) is 0 Å². The fourth-order valence-corrected chi connectivity index (χ4v) is 3.47. The maximum atomic E-state index is 14.6. The molecule has 0 atom stereocenters. The molecule has 3 heterocycles. The Hall–Kier alpha value is -2.57. The molecule has 0 spiro atoms. The quantitative estimate of drug-likeness (QED) is 0.488. The molecule has 26 heavy (non-hydrogen) atoms. The van der Waals surface area contributed by atoms with Gasteiger partial charge in [0.2, 0.25) is 0 Å². The minimum atomic E-state index is -0.515. The van der Waals surface area contributed by atoms with Crippen molar-refractivity contribution < 1.29 is 4.39 Å². The van der Waals surface area contributed by atoms with E-state index in [-0.39, 0.29) is 5.52 Å². The molecule has 0 aliphatic carbocycles. The molecule has 0 aliphatic rings. The Morgan fingerprint density at radius 3 is 2.42 bits per heavy atom. The van der Waals surface area contributed by atoms with E-state index in [2.05, 4.69) is 19.9 Å². The smallest absolute Gasteiger partial charge is 0.167 e. The van der Waals surface area contributed by atoms with Crippen molar-refractivity contribution in [3.05, 3.63) is 64.0 Å². The van der Waals surface area contributed by atoms with Crippen molar-refractivity contribution in [2.75, 3.05) is 0 Å². The average Bonchev–Trinajstić information content (AvgIpc) is 2.94. The summed E-state index contributed by atoms with van der Waals surface area (Å²) in [4.78, 5) is 17.1. The first-order valence-electron chi connectivity index (χ1n) is 7.74. The lowest BCUT2D eigenvalue weighted by molar-refractivity contribution is 0.628. The number of hydrogen-bond acceptors (Lipinski definition) is 4. The van der Waals surface area contributed by atoms with Crippen LogP contribution in [0.3, 0.4) is 0 Å². The van der Waals surface area contributed by atoms with E-state index in [1.807, 2.05) is 6.92 Å². The van der Waals surface area contributed by atoms with E-state index < -0.39 is 5.82 Å². The van der Waals surface area contributed by atoms with Crippen LogP contribution in [0.4, 0.5) is 4.39 Å². The normalized spacial score (nSPS) is 11.3. The molecule has 1 aromatic carbocycles. The largest absolute Gasteiger partial charge is 0.273 e. The van der Waals surface area contributed by atoms with Gasteiger partial charge in [-0.15, -0.1) is 0 Å². The van der Waals surface area contributed by atoms with Crippen LogP contribution in [0.15, 0.2) is 36.7 Å². The van der Waals surface area contributed by atoms with Gasteiger partial charge in [0.25, 0.3) is 0 Å². The molecule has 0 bridgehead atoms. The van der Waals surface area contributed by atoms with Crippen molar-refractivity contribution in [1.82, 2.24) is 24.5 Å². The summed E-state index contributed by atoms with van der Waals surface area (Å²) < 4.78 is 16.2. The summed E-state index contributed by atoms with van der Waals surface area (Å²) in [6.45, 7) is 3.62. The molecule has 0 amide bonds. The second-order valence-electron chi connectivity index (χ2n) is 5.77. The zero-order valence-corrected chi connectivity index (χ0v) is 15.3. The molecule has 0 radical (unpaired) electrons. The molecule has 0 fully saturated rings. The highest BCUT2D eigenvalue weighted by atomic mass is 35.5. The van der Waals surface area contributed by atoms with Gasteiger partial charge in [0.05, 0.1) is 28.0 Å². The van der Waals surface area contributed by atoms with Crippen molar-refractivity contribution >= 4 is 34.2 Å². The lowest BCUT2D eigenvalue weighted by Gasteiger charge is -2.12. The Morgan fingerprint density at radius 2 is 1.73 bits per heavy atom. The lowest BCUT2D eigenvalue weighted by Crippen LogP contribution is -2.05. The topological polar surface area (TPSA) is 56.5 Å². The number of fused-ring (bicyclic) bond motifs is 1. The SMILES string of the molecule is Cc1cc(-n2c(-c3c(Cl)cccc3Cl)nc3cncc(F)c32)nc(C)n1. The number of rotatable bonds is 2. The number of aryl methyl sites for hydroxylation is 2. The van der Waals surface area contributed by atoms with E-state index in [9.17, 15) is 4.39 Å². The van der Waals surface area contributed by atoms with Crippen LogP contribution < -0.4 is 0 Å². The minimum Gasteiger partial charge on any atom is -0.273 e. The van der Waals surface area contributed by atoms with Crippen LogP contribution in [0, 0.1) is 19.7 Å². The zero-order valence-electron chi connectivity index (χ0n) is 13.8. The molecule has 3 aromatic heterocycles. The summed E-state index contributed by atoms with van der Waals surface area (Å²) in [5.74, 6) is 0.916. The molecule has 8 heteroatoms. The standard InChI is InChI=1S/C18H12Cl2FN5/c1-9-6-15(24-10(2)23-9)26-17-13(21)7-22-8-14(17)25-18(26)16-11(19)4-3-5-12(16)20/h3-8H,1-2H3. The average molecular weight is 388 g/mol. The van der Waals surface area contributed by atoms with Gasteiger partial charge in [-0.25, -0.2) is 19.3 Å². The predicted molar refractivity (Wildman–Crippen MR) is 99.3 cm³/mol. The predicted octanol–water partition coefficient (Wildman–Crippen LogP) is 4.94. The molecular formula is C18H12Cl2FN5. The number of benzene rings is 1. The fraction of sp³-hybridized carbons (Fsp3) is 0.111. The Kier molecular flexibility index (Phi) is 4.09. The van der Waals surface area contributed by atoms with Crippen molar-refractivity contribution in [3.8, 4) is 17.2 Å². The lowest BCUT2D eigenvalue weighted by atomic mass is 10.2. The van der Waals surface area contributed by atoms with Gasteiger partial charge in [-0.05, 0) is 26.0 Å². The Labute approximate surface area is 158 Å². The van der Waals surface area contributed by atoms with Gasteiger partial charge < -0.3 is 0 Å². The van der Waals surface area contributed by atoms with Crippen LogP contribution in [-0.2, 0) is 0 Å². The van der Waals surface area contributed by atoms with Crippen LogP contribution in [0.2, 0.25) is 10.0 Å². The van der Waals surface area contributed by atoms with Crippen molar-refractivity contribution in [2.45, 2.75) is 13.8 Å². The number of nitrogens with zero attached hydrogens (tertiary/aromatic N) is 5. The summed E-state index contributed by atoms with van der Waals surface area (Å²) >= 11 is 12.7. The van der Waals surface area contributed by atoms with Crippen molar-refractivity contribution in [3.63, 3.8) is 0 Å². The van der Waals surface area contributed by atoms with Crippen LogP contribution in [0.5, 0.6) is 0 Å². The van der Waals surface area contributed by atoms with E-state index in [1.165, 1.54) is 6.20 Å². The summed E-state index contributed by atoms with van der Waals surface area (Å²) in [7, 11) is 0. The van der Waals surface area contributed by atoms with E-state index in [0.717, 1.165) is 11.9 Å². The van der Waals surface area contributed by atoms with Crippen molar-refractivity contribution in [1.29, 1.82) is 0 Å². The molecule has 0 saturated heterocycles. The molecule has 0 saturated carbocycles. The number of imidazole rings is 1. The van der Waals surface area contributed by atoms with Gasteiger partial charge in [0.1, 0.15) is 28.5 Å². The van der Waals surface area contributed by atoms with Gasteiger partial charge in [0.15, 0.2) is 5.82 Å². The van der Waals surface area contributed by atoms with Crippen LogP contribution in [-0.4, -0.2) is 24.5 Å². The first kappa shape index (κ1) is 16.9. The Morgan fingerprint density at radius 1 is 1.00 bits per heavy atom. The third kappa shape index (κ3) is 2.71. The van der Waals surface area contributed by atoms with E-state index in [4.69, 9.17) is 23.2 Å². The van der Waals surface area contributed by atoms with Gasteiger partial charge in [-0.3, -0.25) is 9.55 Å². The Bertz CT molecular complexity index is 1120. The first-order valence-corrected chi connectivity index (χ1v) is 8.50. The molecule has 5 nitrogen and oxygen atoms in total. The van der Waals surface area contributed by atoms with E-state index >= 15 is 0 Å². The number of halogens is 3. The monoisotopic (exact) mass is 387 g/mol. The zero-order chi connectivity index (χ0) is 18.4. The molecule has 130 valence electrons. The highest BCUT2D eigenvalue weighted by Gasteiger charge is 2.22. The maximum Gasteiger partial charge on any atom is 0.167 e. The number of pyridine rings is 1. The number of aromatic nitrogens is 5. The van der Waals surface area contributed by atoms with Gasteiger partial charge >= 0.3 is 0 Å². The summed E-state index contributed by atoms with van der Waals surface area (Å²) in [6.07, 6.45) is 2.63. The molecule has 4 rings (SSSR count). The molecule has 0 unspecified atom stereocenters. The second-order valence-corrected chi connectivity index (χ2v) is 6.59. The fourth-order valence-electron chi connectivity index (χ4n) is 2.91. The molecule has 4 aromatic rings. The van der Waals surface area contributed by atoms with Crippen LogP contribution in [0.25, 0.3) is 28.2 Å².